The summed E-state index contributed by atoms with van der Waals surface area (Å²) in [7, 11) is 0. The molecule has 0 aliphatic heterocycles. The third-order valence-corrected chi connectivity index (χ3v) is 3.44. The number of Topliss-reactive ketones (excluding diaryl/α,β-unsaturated/α-hetero) is 1. The van der Waals surface area contributed by atoms with E-state index in [0.717, 1.165) is 18.4 Å². The summed E-state index contributed by atoms with van der Waals surface area (Å²) in [4.78, 5) is 25.2. The molecule has 1 unspecified atom stereocenters. The highest BCUT2D eigenvalue weighted by molar-refractivity contribution is 6.37. The zero-order chi connectivity index (χ0) is 15.8. The molecule has 0 heterocycles. The lowest BCUT2D eigenvalue weighted by Crippen LogP contribution is -2.23. The van der Waals surface area contributed by atoms with E-state index in [1.807, 2.05) is 6.92 Å². The van der Waals surface area contributed by atoms with Crippen LogP contribution in [0, 0.1) is 16.0 Å². The van der Waals surface area contributed by atoms with Crippen molar-refractivity contribution < 1.29 is 14.5 Å². The average Bonchev–Trinajstić information content (AvgIpc) is 2.50. The van der Waals surface area contributed by atoms with Crippen LogP contribution in [-0.2, 0) is 11.2 Å². The van der Waals surface area contributed by atoms with E-state index in [-0.39, 0.29) is 23.1 Å². The molecule has 21 heavy (non-hydrogen) atoms. The van der Waals surface area contributed by atoms with Gasteiger partial charge in [0.15, 0.2) is 0 Å². The lowest BCUT2D eigenvalue weighted by Gasteiger charge is -2.11. The highest BCUT2D eigenvalue weighted by atomic mass is 16.6. The maximum atomic E-state index is 12.0. The fourth-order valence-electron chi connectivity index (χ4n) is 2.22. The van der Waals surface area contributed by atoms with Crippen molar-refractivity contribution in [3.63, 3.8) is 0 Å². The van der Waals surface area contributed by atoms with Crippen LogP contribution in [0.1, 0.15) is 38.7 Å². The minimum Gasteiger partial charge on any atom is -0.361 e. The number of carbonyl (C=O) groups is 1. The molecule has 0 radical (unpaired) electrons. The normalized spacial score (nSPS) is 11.5. The molecular weight excluding hydrogens is 270 g/mol. The second-order valence-electron chi connectivity index (χ2n) is 5.00. The topological polar surface area (TPSA) is 96.6 Å². The van der Waals surface area contributed by atoms with E-state index >= 15 is 0 Å². The molecule has 0 aromatic heterocycles. The summed E-state index contributed by atoms with van der Waals surface area (Å²) in [5.74, 6) is -0.317. The Labute approximate surface area is 123 Å². The molecule has 0 spiro atoms. The van der Waals surface area contributed by atoms with Crippen LogP contribution < -0.4 is 0 Å². The number of rotatable bonds is 8. The average molecular weight is 289 g/mol. The number of ketones is 1. The van der Waals surface area contributed by atoms with Gasteiger partial charge < -0.3 is 5.53 Å². The predicted octanol–water partition coefficient (Wildman–Crippen LogP) is 3.20. The molecule has 6 heteroatoms. The summed E-state index contributed by atoms with van der Waals surface area (Å²) >= 11 is 0. The smallest absolute Gasteiger partial charge is 0.331 e. The Hall–Kier alpha value is -2.33. The Kier molecular flexibility index (Phi) is 6.43. The van der Waals surface area contributed by atoms with Gasteiger partial charge in [-0.3, -0.25) is 14.9 Å². The molecule has 1 rings (SSSR count). The SMILES string of the molecule is CCCC(CCc1ccc([N+](=O)[O-])cc1)C(=O)C(C)=[N+]=[N-]. The second-order valence-corrected chi connectivity index (χ2v) is 5.00. The van der Waals surface area contributed by atoms with Gasteiger partial charge in [-0.15, -0.1) is 0 Å². The van der Waals surface area contributed by atoms with Crippen molar-refractivity contribution >= 4 is 17.2 Å². The Bertz CT molecular complexity index is 560. The summed E-state index contributed by atoms with van der Waals surface area (Å²) in [5.41, 5.74) is 9.83. The van der Waals surface area contributed by atoms with E-state index in [2.05, 4.69) is 4.79 Å². The van der Waals surface area contributed by atoms with Crippen molar-refractivity contribution in [2.75, 3.05) is 0 Å². The highest BCUT2D eigenvalue weighted by Gasteiger charge is 2.24. The van der Waals surface area contributed by atoms with Crippen molar-refractivity contribution in [2.24, 2.45) is 5.92 Å². The van der Waals surface area contributed by atoms with Crippen molar-refractivity contribution in [3.8, 4) is 0 Å². The Balaban J connectivity index is 2.70. The van der Waals surface area contributed by atoms with Crippen LogP contribution >= 0.6 is 0 Å². The van der Waals surface area contributed by atoms with Crippen molar-refractivity contribution in [3.05, 3.63) is 45.5 Å². The largest absolute Gasteiger partial charge is 0.361 e. The summed E-state index contributed by atoms with van der Waals surface area (Å²) < 4.78 is 0. The quantitative estimate of drug-likeness (QED) is 0.241. The van der Waals surface area contributed by atoms with Crippen molar-refractivity contribution in [1.82, 2.24) is 0 Å². The number of hydrogen-bond acceptors (Lipinski definition) is 3. The Morgan fingerprint density at radius 1 is 1.33 bits per heavy atom. The van der Waals surface area contributed by atoms with Crippen LogP contribution in [0.3, 0.4) is 0 Å². The minimum atomic E-state index is -0.436. The molecule has 0 aliphatic rings. The number of hydrogen-bond donors (Lipinski definition) is 0. The van der Waals surface area contributed by atoms with Crippen molar-refractivity contribution in [2.45, 2.75) is 39.5 Å². The maximum Gasteiger partial charge on any atom is 0.331 e. The van der Waals surface area contributed by atoms with Crippen LogP contribution in [0.2, 0.25) is 0 Å². The number of carbonyl (C=O) groups excluding carboxylic acids is 1. The van der Waals surface area contributed by atoms with Crippen LogP contribution in [0.15, 0.2) is 24.3 Å². The zero-order valence-corrected chi connectivity index (χ0v) is 12.3. The van der Waals surface area contributed by atoms with Gasteiger partial charge in [0.25, 0.3) is 5.69 Å². The monoisotopic (exact) mass is 289 g/mol. The van der Waals surface area contributed by atoms with Crippen LogP contribution in [0.25, 0.3) is 5.53 Å². The highest BCUT2D eigenvalue weighted by Crippen LogP contribution is 2.18. The molecule has 0 saturated heterocycles. The molecule has 1 aromatic carbocycles. The molecule has 1 atom stereocenters. The number of nitrogens with zero attached hydrogens (tertiary/aromatic N) is 3. The lowest BCUT2D eigenvalue weighted by molar-refractivity contribution is -0.384. The van der Waals surface area contributed by atoms with Gasteiger partial charge >= 0.3 is 5.71 Å². The van der Waals surface area contributed by atoms with Gasteiger partial charge in [0.05, 0.1) is 4.92 Å². The Morgan fingerprint density at radius 3 is 2.43 bits per heavy atom. The molecule has 112 valence electrons. The van der Waals surface area contributed by atoms with E-state index in [4.69, 9.17) is 5.53 Å². The molecule has 0 bridgehead atoms. The minimum absolute atomic E-state index is 0.0585. The van der Waals surface area contributed by atoms with Gasteiger partial charge in [0, 0.05) is 25.0 Å². The number of benzene rings is 1. The summed E-state index contributed by atoms with van der Waals surface area (Å²) in [6.07, 6.45) is 2.90. The van der Waals surface area contributed by atoms with E-state index in [1.165, 1.54) is 19.1 Å². The third kappa shape index (κ3) is 4.93. The molecule has 0 amide bonds. The fourth-order valence-corrected chi connectivity index (χ4v) is 2.22. The van der Waals surface area contributed by atoms with Gasteiger partial charge in [-0.2, -0.15) is 4.79 Å². The van der Waals surface area contributed by atoms with Gasteiger partial charge in [0.2, 0.25) is 5.78 Å². The molecule has 1 aromatic rings. The van der Waals surface area contributed by atoms with Gasteiger partial charge in [-0.1, -0.05) is 25.5 Å². The number of aryl methyl sites for hydroxylation is 1. The molecule has 0 N–H and O–H groups in total. The first-order valence-corrected chi connectivity index (χ1v) is 6.95. The fraction of sp³-hybridized carbons (Fsp3) is 0.467. The van der Waals surface area contributed by atoms with E-state index in [1.54, 1.807) is 12.1 Å². The first kappa shape index (κ1) is 16.7. The molecule has 0 aliphatic carbocycles. The first-order valence-electron chi connectivity index (χ1n) is 6.95. The standard InChI is InChI=1S/C15H19N3O3/c1-3-4-13(15(19)11(2)17-16)8-5-12-6-9-14(10-7-12)18(20)21/h6-7,9-10,13H,3-5,8H2,1-2H3. The van der Waals surface area contributed by atoms with E-state index < -0.39 is 4.92 Å². The second kappa shape index (κ2) is 8.07. The van der Waals surface area contributed by atoms with Crippen LogP contribution in [-0.4, -0.2) is 21.2 Å². The van der Waals surface area contributed by atoms with E-state index in [0.29, 0.717) is 12.8 Å². The van der Waals surface area contributed by atoms with Gasteiger partial charge in [-0.25, -0.2) is 0 Å². The number of nitro groups is 1. The summed E-state index contributed by atoms with van der Waals surface area (Å²) in [6, 6.07) is 6.34. The molecule has 0 saturated carbocycles. The Morgan fingerprint density at radius 2 is 1.95 bits per heavy atom. The van der Waals surface area contributed by atoms with Gasteiger partial charge in [0.1, 0.15) is 0 Å². The van der Waals surface area contributed by atoms with Crippen molar-refractivity contribution in [1.29, 1.82) is 0 Å². The third-order valence-electron chi connectivity index (χ3n) is 3.44. The summed E-state index contributed by atoms with van der Waals surface area (Å²) in [6.45, 7) is 3.49. The zero-order valence-electron chi connectivity index (χ0n) is 12.3. The summed E-state index contributed by atoms with van der Waals surface area (Å²) in [5, 5.41) is 10.6. The van der Waals surface area contributed by atoms with Gasteiger partial charge in [-0.05, 0) is 24.8 Å². The predicted molar refractivity (Wildman–Crippen MR) is 79.1 cm³/mol. The number of nitro benzene ring substituents is 1. The lowest BCUT2D eigenvalue weighted by atomic mass is 9.90. The molecule has 6 nitrogen and oxygen atoms in total. The first-order chi connectivity index (χ1) is 9.99. The maximum absolute atomic E-state index is 12.0. The molecule has 0 fully saturated rings. The van der Waals surface area contributed by atoms with Crippen LogP contribution in [0.4, 0.5) is 5.69 Å². The number of non-ortho nitro benzene ring substituents is 1. The molecular formula is C15H19N3O3. The van der Waals surface area contributed by atoms with Crippen LogP contribution in [0.5, 0.6) is 0 Å². The van der Waals surface area contributed by atoms with E-state index in [9.17, 15) is 14.9 Å².